The van der Waals surface area contributed by atoms with Gasteiger partial charge in [0.1, 0.15) is 18.4 Å². The first-order valence-electron chi connectivity index (χ1n) is 13.2. The van der Waals surface area contributed by atoms with E-state index in [0.717, 1.165) is 34.1 Å². The van der Waals surface area contributed by atoms with Crippen molar-refractivity contribution in [2.45, 2.75) is 51.6 Å². The van der Waals surface area contributed by atoms with Gasteiger partial charge in [0.15, 0.2) is 0 Å². The lowest BCUT2D eigenvalue weighted by molar-refractivity contribution is -0.140. The number of sulfonamides is 1. The predicted molar refractivity (Wildman–Crippen MR) is 161 cm³/mol. The maximum atomic E-state index is 14.0. The number of anilines is 1. The number of carbonyl (C=O) groups excluding carboxylic acids is 2. The van der Waals surface area contributed by atoms with Crippen molar-refractivity contribution in [3.8, 4) is 0 Å². The van der Waals surface area contributed by atoms with Crippen molar-refractivity contribution in [2.75, 3.05) is 17.4 Å². The molecule has 0 aliphatic heterocycles. The number of benzene rings is 3. The first-order valence-corrected chi connectivity index (χ1v) is 15.4. The van der Waals surface area contributed by atoms with Crippen LogP contribution in [0.1, 0.15) is 38.3 Å². The van der Waals surface area contributed by atoms with Crippen molar-refractivity contribution in [3.63, 3.8) is 0 Å². The van der Waals surface area contributed by atoms with E-state index in [2.05, 4.69) is 5.32 Å². The summed E-state index contributed by atoms with van der Waals surface area (Å²) in [6, 6.07) is 15.1. The van der Waals surface area contributed by atoms with Gasteiger partial charge in [0.05, 0.1) is 20.6 Å². The van der Waals surface area contributed by atoms with E-state index in [9.17, 15) is 22.4 Å². The van der Waals surface area contributed by atoms with Gasteiger partial charge in [-0.1, -0.05) is 67.7 Å². The molecule has 11 heteroatoms. The summed E-state index contributed by atoms with van der Waals surface area (Å²) in [6.45, 7) is 7.35. The van der Waals surface area contributed by atoms with Gasteiger partial charge in [0, 0.05) is 13.1 Å². The third-order valence-corrected chi connectivity index (χ3v) is 8.94. The van der Waals surface area contributed by atoms with Gasteiger partial charge in [-0.15, -0.1) is 0 Å². The number of amides is 2. The summed E-state index contributed by atoms with van der Waals surface area (Å²) in [5.74, 6) is -1.35. The molecule has 1 atom stereocenters. The van der Waals surface area contributed by atoms with Crippen molar-refractivity contribution >= 4 is 50.7 Å². The highest BCUT2D eigenvalue weighted by Crippen LogP contribution is 2.27. The number of hydrogen-bond donors (Lipinski definition) is 1. The Kier molecular flexibility index (Phi) is 11.2. The number of nitrogens with zero attached hydrogens (tertiary/aromatic N) is 2. The molecule has 0 spiro atoms. The van der Waals surface area contributed by atoms with Crippen molar-refractivity contribution in [1.82, 2.24) is 10.2 Å². The van der Waals surface area contributed by atoms with Crippen LogP contribution in [0.25, 0.3) is 0 Å². The molecule has 0 aliphatic carbocycles. The molecule has 41 heavy (non-hydrogen) atoms. The SMILES string of the molecule is CCC(C(=O)NCC(C)C)N(Cc1ccc(Cl)c(Cl)c1)C(=O)CN(c1ccc(C)cc1)S(=O)(=O)c1ccc(F)cc1. The predicted octanol–water partition coefficient (Wildman–Crippen LogP) is 6.22. The van der Waals surface area contributed by atoms with E-state index in [1.807, 2.05) is 20.8 Å². The highest BCUT2D eigenvalue weighted by atomic mass is 35.5. The van der Waals surface area contributed by atoms with Crippen LogP contribution in [0.4, 0.5) is 10.1 Å². The lowest BCUT2D eigenvalue weighted by Crippen LogP contribution is -2.52. The molecule has 0 saturated heterocycles. The zero-order valence-electron chi connectivity index (χ0n) is 23.4. The van der Waals surface area contributed by atoms with Crippen molar-refractivity contribution in [3.05, 3.63) is 93.7 Å². The molecule has 1 N–H and O–H groups in total. The van der Waals surface area contributed by atoms with Gasteiger partial charge < -0.3 is 10.2 Å². The van der Waals surface area contributed by atoms with Gasteiger partial charge in [-0.3, -0.25) is 13.9 Å². The summed E-state index contributed by atoms with van der Waals surface area (Å²) in [6.07, 6.45) is 0.284. The second kappa shape index (κ2) is 14.2. The first-order chi connectivity index (χ1) is 19.3. The van der Waals surface area contributed by atoms with Crippen LogP contribution in [0.15, 0.2) is 71.6 Å². The Morgan fingerprint density at radius 1 is 0.951 bits per heavy atom. The molecule has 3 rings (SSSR count). The summed E-state index contributed by atoms with van der Waals surface area (Å²) in [5, 5.41) is 3.50. The average Bonchev–Trinajstić information content (AvgIpc) is 2.93. The van der Waals surface area contributed by atoms with E-state index in [4.69, 9.17) is 23.2 Å². The fourth-order valence-electron chi connectivity index (χ4n) is 4.15. The molecule has 3 aromatic rings. The number of hydrogen-bond acceptors (Lipinski definition) is 4. The number of halogens is 3. The van der Waals surface area contributed by atoms with Crippen LogP contribution < -0.4 is 9.62 Å². The molecule has 0 bridgehead atoms. The maximum Gasteiger partial charge on any atom is 0.264 e. The maximum absolute atomic E-state index is 14.0. The third-order valence-electron chi connectivity index (χ3n) is 6.41. The van der Waals surface area contributed by atoms with Crippen LogP contribution in [0.2, 0.25) is 10.0 Å². The van der Waals surface area contributed by atoms with Crippen molar-refractivity contribution < 1.29 is 22.4 Å². The summed E-state index contributed by atoms with van der Waals surface area (Å²) in [7, 11) is -4.29. The molecule has 0 radical (unpaired) electrons. The van der Waals surface area contributed by atoms with Crippen LogP contribution in [-0.4, -0.2) is 44.3 Å². The molecule has 0 heterocycles. The Morgan fingerprint density at radius 2 is 1.59 bits per heavy atom. The van der Waals surface area contributed by atoms with E-state index in [1.165, 1.54) is 4.90 Å². The topological polar surface area (TPSA) is 86.8 Å². The van der Waals surface area contributed by atoms with E-state index in [-0.39, 0.29) is 40.4 Å². The van der Waals surface area contributed by atoms with Crippen LogP contribution in [0.5, 0.6) is 0 Å². The molecule has 1 unspecified atom stereocenters. The molecular formula is C30H34Cl2FN3O4S. The minimum Gasteiger partial charge on any atom is -0.354 e. The standard InChI is InChI=1S/C30H34Cl2FN3O4S/c1-5-28(30(38)34-17-20(2)3)35(18-22-8-15-26(31)27(32)16-22)29(37)19-36(24-11-6-21(4)7-12-24)41(39,40)25-13-9-23(33)10-14-25/h6-16,20,28H,5,17-19H2,1-4H3,(H,34,38). The number of nitrogens with one attached hydrogen (secondary N) is 1. The van der Waals surface area contributed by atoms with E-state index in [0.29, 0.717) is 17.1 Å². The Bertz CT molecular complexity index is 1470. The van der Waals surface area contributed by atoms with E-state index < -0.39 is 34.3 Å². The number of rotatable bonds is 12. The minimum atomic E-state index is -4.29. The molecule has 3 aromatic carbocycles. The van der Waals surface area contributed by atoms with E-state index >= 15 is 0 Å². The number of aryl methyl sites for hydroxylation is 1. The number of carbonyl (C=O) groups is 2. The molecule has 0 fully saturated rings. The first kappa shape index (κ1) is 32.4. The third kappa shape index (κ3) is 8.44. The second-order valence-electron chi connectivity index (χ2n) is 10.1. The normalized spacial score (nSPS) is 12.2. The van der Waals surface area contributed by atoms with Crippen LogP contribution in [0, 0.1) is 18.7 Å². The van der Waals surface area contributed by atoms with Crippen LogP contribution >= 0.6 is 23.2 Å². The zero-order valence-corrected chi connectivity index (χ0v) is 25.7. The van der Waals surface area contributed by atoms with Crippen LogP contribution in [-0.2, 0) is 26.2 Å². The Balaban J connectivity index is 2.05. The summed E-state index contributed by atoms with van der Waals surface area (Å²) >= 11 is 12.3. The molecular weight excluding hydrogens is 588 g/mol. The highest BCUT2D eigenvalue weighted by molar-refractivity contribution is 7.92. The lowest BCUT2D eigenvalue weighted by atomic mass is 10.1. The minimum absolute atomic E-state index is 0.0122. The fourth-order valence-corrected chi connectivity index (χ4v) is 5.89. The smallest absolute Gasteiger partial charge is 0.264 e. The molecule has 7 nitrogen and oxygen atoms in total. The second-order valence-corrected chi connectivity index (χ2v) is 12.8. The largest absolute Gasteiger partial charge is 0.354 e. The average molecular weight is 623 g/mol. The Hall–Kier alpha value is -3.14. The van der Waals surface area contributed by atoms with Gasteiger partial charge in [-0.05, 0) is 73.4 Å². The molecule has 0 saturated carbocycles. The van der Waals surface area contributed by atoms with Gasteiger partial charge in [-0.2, -0.15) is 0 Å². The fraction of sp³-hybridized carbons (Fsp3) is 0.333. The highest BCUT2D eigenvalue weighted by Gasteiger charge is 2.33. The zero-order chi connectivity index (χ0) is 30.3. The van der Waals surface area contributed by atoms with Gasteiger partial charge >= 0.3 is 0 Å². The van der Waals surface area contributed by atoms with E-state index in [1.54, 1.807) is 49.4 Å². The van der Waals surface area contributed by atoms with Crippen molar-refractivity contribution in [1.29, 1.82) is 0 Å². The van der Waals surface area contributed by atoms with Gasteiger partial charge in [-0.25, -0.2) is 12.8 Å². The molecule has 2 amide bonds. The quantitative estimate of drug-likeness (QED) is 0.260. The summed E-state index contributed by atoms with van der Waals surface area (Å²) < 4.78 is 42.2. The monoisotopic (exact) mass is 621 g/mol. The van der Waals surface area contributed by atoms with Gasteiger partial charge in [0.2, 0.25) is 11.8 Å². The lowest BCUT2D eigenvalue weighted by Gasteiger charge is -2.33. The molecule has 0 aromatic heterocycles. The van der Waals surface area contributed by atoms with Gasteiger partial charge in [0.25, 0.3) is 10.0 Å². The molecule has 0 aliphatic rings. The van der Waals surface area contributed by atoms with Crippen molar-refractivity contribution in [2.24, 2.45) is 5.92 Å². The summed E-state index contributed by atoms with van der Waals surface area (Å²) in [5.41, 5.74) is 1.76. The van der Waals surface area contributed by atoms with Crippen LogP contribution in [0.3, 0.4) is 0 Å². The Morgan fingerprint density at radius 3 is 2.15 bits per heavy atom. The summed E-state index contributed by atoms with van der Waals surface area (Å²) in [4.78, 5) is 28.5. The molecule has 220 valence electrons. The Labute approximate surface area is 251 Å².